The van der Waals surface area contributed by atoms with Gasteiger partial charge in [-0.05, 0) is 64.9 Å². The van der Waals surface area contributed by atoms with Crippen molar-refractivity contribution >= 4 is 29.3 Å². The normalized spacial score (nSPS) is 12.8. The first kappa shape index (κ1) is 29.9. The summed E-state index contributed by atoms with van der Waals surface area (Å²) in [6.07, 6.45) is 5.58. The van der Waals surface area contributed by atoms with Crippen LogP contribution in [-0.2, 0) is 20.8 Å². The zero-order chi connectivity index (χ0) is 25.3. The smallest absolute Gasteiger partial charge is 0.236 e. The number of oxime groups is 1. The van der Waals surface area contributed by atoms with Gasteiger partial charge in [0.05, 0.1) is 23.5 Å². The van der Waals surface area contributed by atoms with Gasteiger partial charge in [-0.15, -0.1) is 0 Å². The molecule has 0 fully saturated rings. The summed E-state index contributed by atoms with van der Waals surface area (Å²) in [7, 11) is 1.92. The molecule has 33 heavy (non-hydrogen) atoms. The number of benzene rings is 1. The SMILES string of the molecule is CC.CC=O.CCC(C)(CNC)ON=C(C)C.O=C1Cc2ccccc2N1c1ccncc1. The molecule has 3 rings (SSSR count). The molecule has 1 atom stereocenters. The highest BCUT2D eigenvalue weighted by Gasteiger charge is 2.27. The van der Waals surface area contributed by atoms with Gasteiger partial charge in [-0.3, -0.25) is 14.7 Å². The maximum Gasteiger partial charge on any atom is 0.236 e. The summed E-state index contributed by atoms with van der Waals surface area (Å²) in [4.78, 5) is 31.9. The highest BCUT2D eigenvalue weighted by molar-refractivity contribution is 6.07. The zero-order valence-electron chi connectivity index (χ0n) is 21.4. The Hall–Kier alpha value is -3.06. The second-order valence-electron chi connectivity index (χ2n) is 7.44. The van der Waals surface area contributed by atoms with Crippen molar-refractivity contribution in [2.45, 2.75) is 66.9 Å². The van der Waals surface area contributed by atoms with Gasteiger partial charge in [0.15, 0.2) is 0 Å². The molecule has 0 bridgehead atoms. The third kappa shape index (κ3) is 10.4. The number of fused-ring (bicyclic) bond motifs is 1. The Kier molecular flexibility index (Phi) is 15.0. The number of amides is 1. The molecule has 182 valence electrons. The highest BCUT2D eigenvalue weighted by atomic mass is 16.6. The number of rotatable bonds is 6. The van der Waals surface area contributed by atoms with E-state index >= 15 is 0 Å². The van der Waals surface area contributed by atoms with Crippen LogP contribution in [0, 0.1) is 0 Å². The summed E-state index contributed by atoms with van der Waals surface area (Å²) in [5.41, 5.74) is 3.73. The molecule has 2 aromatic rings. The number of likely N-dealkylation sites (N-methyl/N-ethyl adjacent to an activating group) is 1. The molecule has 0 aliphatic carbocycles. The van der Waals surface area contributed by atoms with Crippen molar-refractivity contribution in [2.75, 3.05) is 18.5 Å². The van der Waals surface area contributed by atoms with E-state index in [1.54, 1.807) is 17.3 Å². The number of hydrogen-bond acceptors (Lipinski definition) is 6. The predicted octanol–water partition coefficient (Wildman–Crippen LogP) is 5.32. The second kappa shape index (κ2) is 16.6. The number of carbonyl (C=O) groups excluding carboxylic acids is 2. The molecule has 1 aromatic carbocycles. The average Bonchev–Trinajstić information content (AvgIpc) is 3.16. The topological polar surface area (TPSA) is 83.9 Å². The largest absolute Gasteiger partial charge is 0.388 e. The van der Waals surface area contributed by atoms with Gasteiger partial charge in [0, 0.05) is 18.9 Å². The molecule has 7 heteroatoms. The third-order valence-corrected chi connectivity index (χ3v) is 4.49. The molecule has 1 aliphatic heterocycles. The summed E-state index contributed by atoms with van der Waals surface area (Å²) < 4.78 is 0. The summed E-state index contributed by atoms with van der Waals surface area (Å²) in [5, 5.41) is 7.05. The number of anilines is 2. The van der Waals surface area contributed by atoms with Crippen LogP contribution in [0.2, 0.25) is 0 Å². The standard InChI is InChI=1S/C13H10N2O.C9H20N2O.C2H4O.C2H6/c16-13-9-10-3-1-2-4-12(10)15(13)11-5-7-14-8-6-11;1-6-9(4,7-10-5)12-11-8(2)3;1-2-3;1-2/h1-8H,9H2;10H,6-7H2,1-5H3;2H,1H3;1-2H3. The van der Waals surface area contributed by atoms with E-state index in [9.17, 15) is 4.79 Å². The molecule has 0 spiro atoms. The number of aldehydes is 1. The molecule has 0 saturated carbocycles. The van der Waals surface area contributed by atoms with Crippen LogP contribution < -0.4 is 10.2 Å². The van der Waals surface area contributed by atoms with Gasteiger partial charge >= 0.3 is 0 Å². The number of hydrogen-bond donors (Lipinski definition) is 1. The van der Waals surface area contributed by atoms with Gasteiger partial charge in [-0.2, -0.15) is 0 Å². The first-order chi connectivity index (χ1) is 15.8. The van der Waals surface area contributed by atoms with Crippen molar-refractivity contribution in [2.24, 2.45) is 5.16 Å². The van der Waals surface area contributed by atoms with E-state index < -0.39 is 0 Å². The lowest BCUT2D eigenvalue weighted by Crippen LogP contribution is -2.37. The van der Waals surface area contributed by atoms with Crippen molar-refractivity contribution in [3.63, 3.8) is 0 Å². The summed E-state index contributed by atoms with van der Waals surface area (Å²) in [5.74, 6) is 0.118. The Morgan fingerprint density at radius 1 is 1.21 bits per heavy atom. The molecule has 1 unspecified atom stereocenters. The summed E-state index contributed by atoms with van der Waals surface area (Å²) >= 11 is 0. The molecule has 7 nitrogen and oxygen atoms in total. The van der Waals surface area contributed by atoms with E-state index in [1.165, 1.54) is 6.92 Å². The molecule has 1 aliphatic rings. The Labute approximate surface area is 199 Å². The van der Waals surface area contributed by atoms with Gasteiger partial charge in [-0.25, -0.2) is 0 Å². The number of pyridine rings is 1. The fourth-order valence-corrected chi connectivity index (χ4v) is 2.83. The minimum atomic E-state index is -0.175. The monoisotopic (exact) mass is 456 g/mol. The molecule has 1 aromatic heterocycles. The van der Waals surface area contributed by atoms with Crippen LogP contribution in [0.25, 0.3) is 0 Å². The Bertz CT molecular complexity index is 852. The molecule has 1 amide bonds. The lowest BCUT2D eigenvalue weighted by molar-refractivity contribution is -0.116. The number of carbonyl (C=O) groups is 2. The maximum absolute atomic E-state index is 11.9. The van der Waals surface area contributed by atoms with Crippen LogP contribution in [-0.4, -0.2) is 42.1 Å². The van der Waals surface area contributed by atoms with Crippen molar-refractivity contribution in [1.29, 1.82) is 0 Å². The minimum Gasteiger partial charge on any atom is -0.388 e. The van der Waals surface area contributed by atoms with E-state index in [0.29, 0.717) is 6.42 Å². The first-order valence-electron chi connectivity index (χ1n) is 11.4. The van der Waals surface area contributed by atoms with Crippen LogP contribution in [0.3, 0.4) is 0 Å². The number of para-hydroxylation sites is 1. The lowest BCUT2D eigenvalue weighted by atomic mass is 10.0. The van der Waals surface area contributed by atoms with Crippen LogP contribution in [0.5, 0.6) is 0 Å². The predicted molar refractivity (Wildman–Crippen MR) is 137 cm³/mol. The van der Waals surface area contributed by atoms with Crippen molar-refractivity contribution < 1.29 is 14.4 Å². The lowest BCUT2D eigenvalue weighted by Gasteiger charge is -2.25. The van der Waals surface area contributed by atoms with Crippen LogP contribution >= 0.6 is 0 Å². The number of aromatic nitrogens is 1. The van der Waals surface area contributed by atoms with Gasteiger partial charge < -0.3 is 14.9 Å². The Morgan fingerprint density at radius 2 is 1.79 bits per heavy atom. The van der Waals surface area contributed by atoms with Crippen LogP contribution in [0.15, 0.2) is 53.9 Å². The highest BCUT2D eigenvalue weighted by Crippen LogP contribution is 2.34. The molecular weight excluding hydrogens is 416 g/mol. The molecule has 0 radical (unpaired) electrons. The summed E-state index contributed by atoms with van der Waals surface area (Å²) in [6, 6.07) is 11.6. The minimum absolute atomic E-state index is 0.118. The fourth-order valence-electron chi connectivity index (χ4n) is 2.83. The Morgan fingerprint density at radius 3 is 2.30 bits per heavy atom. The molecular formula is C26H40N4O3. The quantitative estimate of drug-likeness (QED) is 0.361. The van der Waals surface area contributed by atoms with Crippen LogP contribution in [0.4, 0.5) is 11.4 Å². The van der Waals surface area contributed by atoms with Gasteiger partial charge in [0.2, 0.25) is 5.91 Å². The fraction of sp³-hybridized carbons (Fsp3) is 0.462. The number of nitrogens with zero attached hydrogens (tertiary/aromatic N) is 3. The summed E-state index contributed by atoms with van der Waals surface area (Å²) in [6.45, 7) is 14.3. The number of nitrogens with one attached hydrogen (secondary N) is 1. The van der Waals surface area contributed by atoms with Crippen LogP contribution in [0.1, 0.15) is 60.5 Å². The molecule has 0 saturated heterocycles. The van der Waals surface area contributed by atoms with Crippen molar-refractivity contribution in [1.82, 2.24) is 10.3 Å². The van der Waals surface area contributed by atoms with E-state index in [4.69, 9.17) is 9.63 Å². The van der Waals surface area contributed by atoms with E-state index in [0.717, 1.165) is 41.9 Å². The Balaban J connectivity index is 0.000000538. The first-order valence-corrected chi connectivity index (χ1v) is 11.4. The third-order valence-electron chi connectivity index (χ3n) is 4.49. The van der Waals surface area contributed by atoms with Crippen molar-refractivity contribution in [3.8, 4) is 0 Å². The van der Waals surface area contributed by atoms with E-state index in [1.807, 2.05) is 71.1 Å². The average molecular weight is 457 g/mol. The van der Waals surface area contributed by atoms with Crippen molar-refractivity contribution in [3.05, 3.63) is 54.4 Å². The van der Waals surface area contributed by atoms with Gasteiger partial charge in [-0.1, -0.05) is 44.1 Å². The maximum atomic E-state index is 11.9. The molecule has 2 heterocycles. The zero-order valence-corrected chi connectivity index (χ0v) is 21.4. The van der Waals surface area contributed by atoms with E-state index in [-0.39, 0.29) is 11.5 Å². The second-order valence-corrected chi connectivity index (χ2v) is 7.44. The van der Waals surface area contributed by atoms with Gasteiger partial charge in [0.25, 0.3) is 0 Å². The molecule has 1 N–H and O–H groups in total. The van der Waals surface area contributed by atoms with Gasteiger partial charge in [0.1, 0.15) is 11.9 Å². The van der Waals surface area contributed by atoms with E-state index in [2.05, 4.69) is 29.3 Å².